The van der Waals surface area contributed by atoms with E-state index in [9.17, 15) is 9.59 Å². The smallest absolute Gasteiger partial charge is 0.267 e. The second-order valence-electron chi connectivity index (χ2n) is 8.53. The number of hydrogen-bond donors (Lipinski definition) is 2. The van der Waals surface area contributed by atoms with E-state index in [0.717, 1.165) is 32.1 Å². The topological polar surface area (TPSA) is 92.8 Å². The fraction of sp³-hybridized carbons (Fsp3) is 0.400. The van der Waals surface area contributed by atoms with Crippen LogP contribution in [0.2, 0.25) is 10.0 Å². The molecule has 186 valence electrons. The number of hydrogen-bond acceptors (Lipinski definition) is 6. The van der Waals surface area contributed by atoms with Gasteiger partial charge in [-0.3, -0.25) is 9.59 Å². The van der Waals surface area contributed by atoms with E-state index in [2.05, 4.69) is 15.8 Å². The Balaban J connectivity index is 1.23. The van der Waals surface area contributed by atoms with Crippen molar-refractivity contribution in [1.82, 2.24) is 15.4 Å². The summed E-state index contributed by atoms with van der Waals surface area (Å²) < 4.78 is 5.40. The first kappa shape index (κ1) is 25.4. The summed E-state index contributed by atoms with van der Waals surface area (Å²) >= 11 is 12.3. The highest BCUT2D eigenvalue weighted by Gasteiger charge is 2.24. The van der Waals surface area contributed by atoms with Crippen LogP contribution in [0.25, 0.3) is 6.08 Å². The van der Waals surface area contributed by atoms with Crippen molar-refractivity contribution in [2.24, 2.45) is 0 Å². The summed E-state index contributed by atoms with van der Waals surface area (Å²) in [6.45, 7) is 1.92. The van der Waals surface area contributed by atoms with Crippen molar-refractivity contribution in [3.63, 3.8) is 0 Å². The van der Waals surface area contributed by atoms with Crippen LogP contribution in [0.4, 0.5) is 5.82 Å². The zero-order valence-electron chi connectivity index (χ0n) is 19.2. The second kappa shape index (κ2) is 12.4. The van der Waals surface area contributed by atoms with Crippen molar-refractivity contribution in [1.29, 1.82) is 0 Å². The van der Waals surface area contributed by atoms with Crippen molar-refractivity contribution in [2.75, 3.05) is 25.0 Å². The molecule has 3 heterocycles. The highest BCUT2D eigenvalue weighted by Crippen LogP contribution is 2.24. The lowest BCUT2D eigenvalue weighted by molar-refractivity contribution is -0.198. The van der Waals surface area contributed by atoms with Gasteiger partial charge in [0.15, 0.2) is 6.29 Å². The maximum absolute atomic E-state index is 12.7. The minimum absolute atomic E-state index is 0.00752. The quantitative estimate of drug-likeness (QED) is 0.407. The molecule has 2 aromatic rings. The number of nitrogens with zero attached hydrogens (tertiary/aromatic N) is 2. The molecular weight excluding hydrogens is 491 g/mol. The summed E-state index contributed by atoms with van der Waals surface area (Å²) in [5.74, 6) is 0.194. The molecule has 2 aliphatic heterocycles. The molecule has 0 spiro atoms. The Bertz CT molecular complexity index is 1050. The van der Waals surface area contributed by atoms with Crippen LogP contribution in [0, 0.1) is 0 Å². The molecule has 0 aliphatic carbocycles. The molecule has 1 aromatic heterocycles. The fourth-order valence-electron chi connectivity index (χ4n) is 3.98. The minimum Gasteiger partial charge on any atom is -0.366 e. The fourth-order valence-corrected chi connectivity index (χ4v) is 4.33. The predicted octanol–water partition coefficient (Wildman–Crippen LogP) is 4.69. The number of piperidine rings is 1. The van der Waals surface area contributed by atoms with Gasteiger partial charge in [0.25, 0.3) is 11.8 Å². The molecule has 0 bridgehead atoms. The third-order valence-electron chi connectivity index (χ3n) is 5.93. The average molecular weight is 519 g/mol. The summed E-state index contributed by atoms with van der Waals surface area (Å²) in [6, 6.07) is 8.84. The SMILES string of the molecule is O=C(/C=C/c1cnc(NC2CCN(C(=O)c3ccc(Cl)cc3)CC2)c(Cl)c1)NOC1CCCCO1. The number of carbonyl (C=O) groups excluding carboxylic acids is 2. The molecule has 8 nitrogen and oxygen atoms in total. The first-order valence-electron chi connectivity index (χ1n) is 11.7. The Kier molecular flexibility index (Phi) is 8.98. The summed E-state index contributed by atoms with van der Waals surface area (Å²) in [5, 5.41) is 4.44. The van der Waals surface area contributed by atoms with Crippen molar-refractivity contribution >= 4 is 46.9 Å². The monoisotopic (exact) mass is 518 g/mol. The van der Waals surface area contributed by atoms with Crippen LogP contribution in [0.5, 0.6) is 0 Å². The summed E-state index contributed by atoms with van der Waals surface area (Å²) in [4.78, 5) is 36.2. The van der Waals surface area contributed by atoms with Crippen LogP contribution in [-0.4, -0.2) is 53.7 Å². The van der Waals surface area contributed by atoms with E-state index in [1.807, 2.05) is 4.90 Å². The minimum atomic E-state index is -0.398. The lowest BCUT2D eigenvalue weighted by Gasteiger charge is -2.33. The Morgan fingerprint density at radius 1 is 1.11 bits per heavy atom. The number of hydroxylamine groups is 1. The number of ether oxygens (including phenoxy) is 1. The van der Waals surface area contributed by atoms with Gasteiger partial charge in [-0.1, -0.05) is 23.2 Å². The van der Waals surface area contributed by atoms with E-state index in [4.69, 9.17) is 32.8 Å². The third kappa shape index (κ3) is 7.41. The van der Waals surface area contributed by atoms with Crippen LogP contribution in [0.3, 0.4) is 0 Å². The second-order valence-corrected chi connectivity index (χ2v) is 9.37. The van der Waals surface area contributed by atoms with Gasteiger partial charge in [0.2, 0.25) is 0 Å². The van der Waals surface area contributed by atoms with Gasteiger partial charge in [0.1, 0.15) is 5.82 Å². The van der Waals surface area contributed by atoms with Gasteiger partial charge in [-0.05, 0) is 67.7 Å². The van der Waals surface area contributed by atoms with E-state index >= 15 is 0 Å². The summed E-state index contributed by atoms with van der Waals surface area (Å²) in [5.41, 5.74) is 3.70. The largest absolute Gasteiger partial charge is 0.366 e. The Morgan fingerprint density at radius 2 is 1.89 bits per heavy atom. The van der Waals surface area contributed by atoms with Crippen molar-refractivity contribution in [2.45, 2.75) is 44.4 Å². The zero-order valence-corrected chi connectivity index (χ0v) is 20.7. The highest BCUT2D eigenvalue weighted by atomic mass is 35.5. The predicted molar refractivity (Wildman–Crippen MR) is 135 cm³/mol. The molecular formula is C25H28Cl2N4O4. The number of anilines is 1. The molecule has 35 heavy (non-hydrogen) atoms. The van der Waals surface area contributed by atoms with Crippen LogP contribution < -0.4 is 10.8 Å². The van der Waals surface area contributed by atoms with Crippen molar-refractivity contribution in [3.05, 3.63) is 63.8 Å². The number of nitrogens with one attached hydrogen (secondary N) is 2. The summed E-state index contributed by atoms with van der Waals surface area (Å²) in [6.07, 6.45) is 8.56. The molecule has 1 atom stereocenters. The zero-order chi connectivity index (χ0) is 24.6. The molecule has 2 N–H and O–H groups in total. The molecule has 0 saturated carbocycles. The van der Waals surface area contributed by atoms with E-state index in [-0.39, 0.29) is 11.9 Å². The van der Waals surface area contributed by atoms with Gasteiger partial charge in [0.05, 0.1) is 5.02 Å². The van der Waals surface area contributed by atoms with Gasteiger partial charge < -0.3 is 15.0 Å². The molecule has 1 unspecified atom stereocenters. The molecule has 2 aliphatic rings. The van der Waals surface area contributed by atoms with Gasteiger partial charge in [0, 0.05) is 55.0 Å². The molecule has 2 fully saturated rings. The number of likely N-dealkylation sites (tertiary alicyclic amines) is 1. The number of carbonyl (C=O) groups is 2. The standard InChI is InChI=1S/C25H28Cl2N4O4/c26-19-7-5-18(6-8-19)25(33)31-12-10-20(11-13-31)29-24-21(27)15-17(16-28-24)4-9-22(32)30-35-23-3-1-2-14-34-23/h4-9,15-16,20,23H,1-3,10-14H2,(H,28,29)(H,30,32)/b9-4+. The number of aromatic nitrogens is 1. The van der Waals surface area contributed by atoms with E-state index in [1.54, 1.807) is 42.6 Å². The maximum Gasteiger partial charge on any atom is 0.267 e. The van der Waals surface area contributed by atoms with Crippen LogP contribution in [0.1, 0.15) is 48.0 Å². The van der Waals surface area contributed by atoms with Gasteiger partial charge in [-0.2, -0.15) is 0 Å². The van der Waals surface area contributed by atoms with Crippen molar-refractivity contribution in [3.8, 4) is 0 Å². The third-order valence-corrected chi connectivity index (χ3v) is 6.47. The van der Waals surface area contributed by atoms with Crippen LogP contribution >= 0.6 is 23.2 Å². The molecule has 2 amide bonds. The summed E-state index contributed by atoms with van der Waals surface area (Å²) in [7, 11) is 0. The lowest BCUT2D eigenvalue weighted by atomic mass is 10.0. The van der Waals surface area contributed by atoms with Gasteiger partial charge in [-0.25, -0.2) is 15.3 Å². The highest BCUT2D eigenvalue weighted by molar-refractivity contribution is 6.33. The number of benzene rings is 1. The Hall–Kier alpha value is -2.65. The molecule has 0 radical (unpaired) electrons. The van der Waals surface area contributed by atoms with Crippen molar-refractivity contribution < 1.29 is 19.2 Å². The molecule has 1 aromatic carbocycles. The maximum atomic E-state index is 12.7. The Labute approximate surface area is 214 Å². The number of halogens is 2. The van der Waals surface area contributed by atoms with E-state index < -0.39 is 12.2 Å². The van der Waals surface area contributed by atoms with Crippen LogP contribution in [-0.2, 0) is 14.4 Å². The van der Waals surface area contributed by atoms with E-state index in [1.165, 1.54) is 6.08 Å². The lowest BCUT2D eigenvalue weighted by Crippen LogP contribution is -2.42. The molecule has 10 heteroatoms. The molecule has 4 rings (SSSR count). The Morgan fingerprint density at radius 3 is 2.57 bits per heavy atom. The number of amides is 2. The van der Waals surface area contributed by atoms with Gasteiger partial charge in [-0.15, -0.1) is 0 Å². The first-order chi connectivity index (χ1) is 17.0. The first-order valence-corrected chi connectivity index (χ1v) is 12.5. The van der Waals surface area contributed by atoms with Gasteiger partial charge >= 0.3 is 0 Å². The van der Waals surface area contributed by atoms with E-state index in [0.29, 0.717) is 46.7 Å². The molecule has 2 saturated heterocycles. The van der Waals surface area contributed by atoms with Crippen LogP contribution in [0.15, 0.2) is 42.6 Å². The number of pyridine rings is 1. The normalized spacial score (nSPS) is 19.0. The average Bonchev–Trinajstić information content (AvgIpc) is 2.89. The number of rotatable bonds is 7.